The molecule has 21 heavy (non-hydrogen) atoms. The molecule has 2 N–H and O–H groups in total. The molecule has 5 heteroatoms. The summed E-state index contributed by atoms with van der Waals surface area (Å²) in [5.41, 5.74) is 1.63. The van der Waals surface area contributed by atoms with Gasteiger partial charge in [-0.1, -0.05) is 30.5 Å². The first kappa shape index (κ1) is 16.3. The van der Waals surface area contributed by atoms with E-state index in [0.717, 1.165) is 37.1 Å². The maximum absolute atomic E-state index is 12.2. The molecule has 116 valence electrons. The fourth-order valence-corrected chi connectivity index (χ4v) is 2.94. The zero-order chi connectivity index (χ0) is 15.2. The Morgan fingerprint density at radius 2 is 2.24 bits per heavy atom. The summed E-state index contributed by atoms with van der Waals surface area (Å²) in [5.74, 6) is -0.0549. The van der Waals surface area contributed by atoms with E-state index in [4.69, 9.17) is 11.6 Å². The van der Waals surface area contributed by atoms with Crippen molar-refractivity contribution in [1.29, 1.82) is 0 Å². The van der Waals surface area contributed by atoms with Crippen molar-refractivity contribution in [2.45, 2.75) is 38.6 Å². The smallest absolute Gasteiger partial charge is 0.238 e. The first-order valence-electron chi connectivity index (χ1n) is 7.51. The van der Waals surface area contributed by atoms with Gasteiger partial charge < -0.3 is 10.4 Å². The Kier molecular flexibility index (Phi) is 6.03. The van der Waals surface area contributed by atoms with Crippen LogP contribution in [0.25, 0.3) is 0 Å². The summed E-state index contributed by atoms with van der Waals surface area (Å²) in [7, 11) is 0. The van der Waals surface area contributed by atoms with Gasteiger partial charge in [-0.3, -0.25) is 9.69 Å². The molecular weight excluding hydrogens is 288 g/mol. The third kappa shape index (κ3) is 4.43. The Hall–Kier alpha value is -1.10. The zero-order valence-corrected chi connectivity index (χ0v) is 13.2. The lowest BCUT2D eigenvalue weighted by atomic mass is 10.1. The van der Waals surface area contributed by atoms with Crippen molar-refractivity contribution in [1.82, 2.24) is 4.90 Å². The van der Waals surface area contributed by atoms with E-state index in [-0.39, 0.29) is 18.6 Å². The number of nitrogens with zero attached hydrogens (tertiary/aromatic N) is 1. The number of rotatable bonds is 4. The lowest BCUT2D eigenvalue weighted by Gasteiger charge is -2.27. The van der Waals surface area contributed by atoms with Gasteiger partial charge in [0.1, 0.15) is 0 Å². The standard InChI is InChI=1S/C16H23ClN2O2/c1-12-14(17)7-5-8-15(12)18-16(21)10-19-9-4-2-3-6-13(19)11-20/h5,7-8,13,20H,2-4,6,9-11H2,1H3,(H,18,21). The summed E-state index contributed by atoms with van der Waals surface area (Å²) < 4.78 is 0. The number of nitrogens with one attached hydrogen (secondary N) is 1. The minimum Gasteiger partial charge on any atom is -0.395 e. The van der Waals surface area contributed by atoms with E-state index in [1.807, 2.05) is 25.1 Å². The summed E-state index contributed by atoms with van der Waals surface area (Å²) in [6, 6.07) is 5.58. The van der Waals surface area contributed by atoms with E-state index >= 15 is 0 Å². The second kappa shape index (κ2) is 7.78. The van der Waals surface area contributed by atoms with Crippen LogP contribution in [-0.2, 0) is 4.79 Å². The van der Waals surface area contributed by atoms with Gasteiger partial charge in [0.05, 0.1) is 13.2 Å². The van der Waals surface area contributed by atoms with Gasteiger partial charge in [-0.05, 0) is 44.0 Å². The maximum Gasteiger partial charge on any atom is 0.238 e. The molecule has 0 saturated carbocycles. The molecule has 1 atom stereocenters. The third-order valence-corrected chi connectivity index (χ3v) is 4.51. The summed E-state index contributed by atoms with van der Waals surface area (Å²) in [4.78, 5) is 14.3. The lowest BCUT2D eigenvalue weighted by Crippen LogP contribution is -2.42. The molecule has 4 nitrogen and oxygen atoms in total. The lowest BCUT2D eigenvalue weighted by molar-refractivity contribution is -0.118. The van der Waals surface area contributed by atoms with E-state index < -0.39 is 0 Å². The van der Waals surface area contributed by atoms with Crippen LogP contribution in [-0.4, -0.2) is 41.7 Å². The molecule has 1 saturated heterocycles. The van der Waals surface area contributed by atoms with Crippen LogP contribution >= 0.6 is 11.6 Å². The van der Waals surface area contributed by atoms with Crippen molar-refractivity contribution in [3.63, 3.8) is 0 Å². The highest BCUT2D eigenvalue weighted by Crippen LogP contribution is 2.23. The second-order valence-electron chi connectivity index (χ2n) is 5.62. The number of aliphatic hydroxyl groups excluding tert-OH is 1. The average molecular weight is 311 g/mol. The molecule has 0 aromatic heterocycles. The molecule has 1 aromatic rings. The van der Waals surface area contributed by atoms with Crippen LogP contribution in [0.4, 0.5) is 5.69 Å². The van der Waals surface area contributed by atoms with Gasteiger partial charge in [-0.25, -0.2) is 0 Å². The zero-order valence-electron chi connectivity index (χ0n) is 12.4. The number of aliphatic hydroxyl groups is 1. The molecule has 1 heterocycles. The molecule has 0 radical (unpaired) electrons. The molecule has 2 rings (SSSR count). The Morgan fingerprint density at radius 3 is 3.00 bits per heavy atom. The van der Waals surface area contributed by atoms with E-state index in [1.165, 1.54) is 6.42 Å². The van der Waals surface area contributed by atoms with E-state index in [0.29, 0.717) is 11.6 Å². The van der Waals surface area contributed by atoms with Gasteiger partial charge in [-0.2, -0.15) is 0 Å². The monoisotopic (exact) mass is 310 g/mol. The summed E-state index contributed by atoms with van der Waals surface area (Å²) in [5, 5.41) is 13.0. The van der Waals surface area contributed by atoms with Gasteiger partial charge in [-0.15, -0.1) is 0 Å². The largest absolute Gasteiger partial charge is 0.395 e. The average Bonchev–Trinajstić information content (AvgIpc) is 2.69. The SMILES string of the molecule is Cc1c(Cl)cccc1NC(=O)CN1CCCCCC1CO. The Labute approximate surface area is 131 Å². The Morgan fingerprint density at radius 1 is 1.43 bits per heavy atom. The highest BCUT2D eigenvalue weighted by molar-refractivity contribution is 6.31. The number of benzene rings is 1. The van der Waals surface area contributed by atoms with Crippen molar-refractivity contribution < 1.29 is 9.90 Å². The third-order valence-electron chi connectivity index (χ3n) is 4.10. The normalized spacial score (nSPS) is 20.0. The van der Waals surface area contributed by atoms with Crippen molar-refractivity contribution in [3.05, 3.63) is 28.8 Å². The fraction of sp³-hybridized carbons (Fsp3) is 0.562. The fourth-order valence-electron chi connectivity index (χ4n) is 2.77. The predicted octanol–water partition coefficient (Wildman–Crippen LogP) is 2.82. The van der Waals surface area contributed by atoms with Crippen LogP contribution < -0.4 is 5.32 Å². The summed E-state index contributed by atoms with van der Waals surface area (Å²) in [6.07, 6.45) is 4.33. The quantitative estimate of drug-likeness (QED) is 0.899. The van der Waals surface area contributed by atoms with Gasteiger partial charge in [0.2, 0.25) is 5.91 Å². The van der Waals surface area contributed by atoms with Gasteiger partial charge in [0, 0.05) is 16.8 Å². The second-order valence-corrected chi connectivity index (χ2v) is 6.02. The minimum atomic E-state index is -0.0549. The highest BCUT2D eigenvalue weighted by Gasteiger charge is 2.22. The minimum absolute atomic E-state index is 0.0549. The number of anilines is 1. The number of hydrogen-bond acceptors (Lipinski definition) is 3. The Balaban J connectivity index is 1.98. The van der Waals surface area contributed by atoms with Crippen LogP contribution in [0.1, 0.15) is 31.2 Å². The molecule has 1 aromatic carbocycles. The molecular formula is C16H23ClN2O2. The van der Waals surface area contributed by atoms with E-state index in [9.17, 15) is 9.90 Å². The van der Waals surface area contributed by atoms with Crippen LogP contribution in [0, 0.1) is 6.92 Å². The maximum atomic E-state index is 12.2. The molecule has 0 bridgehead atoms. The first-order valence-corrected chi connectivity index (χ1v) is 7.89. The molecule has 1 aliphatic rings. The van der Waals surface area contributed by atoms with E-state index in [1.54, 1.807) is 0 Å². The van der Waals surface area contributed by atoms with Gasteiger partial charge in [0.25, 0.3) is 0 Å². The number of carbonyl (C=O) groups excluding carboxylic acids is 1. The molecule has 1 fully saturated rings. The molecule has 0 spiro atoms. The van der Waals surface area contributed by atoms with Crippen molar-refractivity contribution in [2.75, 3.05) is 25.0 Å². The van der Waals surface area contributed by atoms with E-state index in [2.05, 4.69) is 10.2 Å². The number of amides is 1. The van der Waals surface area contributed by atoms with Crippen LogP contribution in [0.15, 0.2) is 18.2 Å². The van der Waals surface area contributed by atoms with Crippen molar-refractivity contribution >= 4 is 23.2 Å². The topological polar surface area (TPSA) is 52.6 Å². The predicted molar refractivity (Wildman–Crippen MR) is 85.7 cm³/mol. The van der Waals surface area contributed by atoms with Crippen molar-refractivity contribution in [3.8, 4) is 0 Å². The summed E-state index contributed by atoms with van der Waals surface area (Å²) >= 11 is 6.06. The number of carbonyl (C=O) groups is 1. The molecule has 0 aliphatic carbocycles. The van der Waals surface area contributed by atoms with Crippen LogP contribution in [0.3, 0.4) is 0 Å². The van der Waals surface area contributed by atoms with Crippen LogP contribution in [0.2, 0.25) is 5.02 Å². The van der Waals surface area contributed by atoms with Gasteiger partial charge in [0.15, 0.2) is 0 Å². The highest BCUT2D eigenvalue weighted by atomic mass is 35.5. The number of likely N-dealkylation sites (tertiary alicyclic amines) is 1. The number of hydrogen-bond donors (Lipinski definition) is 2. The van der Waals surface area contributed by atoms with Crippen LogP contribution in [0.5, 0.6) is 0 Å². The van der Waals surface area contributed by atoms with Crippen molar-refractivity contribution in [2.24, 2.45) is 0 Å². The Bertz CT molecular complexity index is 493. The first-order chi connectivity index (χ1) is 10.1. The molecule has 1 unspecified atom stereocenters. The number of halogens is 1. The van der Waals surface area contributed by atoms with Gasteiger partial charge >= 0.3 is 0 Å². The summed E-state index contributed by atoms with van der Waals surface area (Å²) in [6.45, 7) is 3.19. The molecule has 1 aliphatic heterocycles. The molecule has 1 amide bonds.